The summed E-state index contributed by atoms with van der Waals surface area (Å²) in [6, 6.07) is 0. The lowest BCUT2D eigenvalue weighted by atomic mass is 10.2. The van der Waals surface area contributed by atoms with Crippen LogP contribution in [0.15, 0.2) is 19.9 Å². The number of hydrogen-bond donors (Lipinski definition) is 1. The fourth-order valence-corrected chi connectivity index (χ4v) is 1.50. The zero-order valence-corrected chi connectivity index (χ0v) is 10.7. The largest absolute Gasteiger partial charge is 0.396 e. The third-order valence-electron chi connectivity index (χ3n) is 1.74. The quantitative estimate of drug-likeness (QED) is 0.914. The minimum atomic E-state index is -0.195. The van der Waals surface area contributed by atoms with Gasteiger partial charge in [0, 0.05) is 13.2 Å². The van der Waals surface area contributed by atoms with Gasteiger partial charge in [-0.2, -0.15) is 5.10 Å². The van der Waals surface area contributed by atoms with Gasteiger partial charge in [-0.15, -0.1) is 0 Å². The summed E-state index contributed by atoms with van der Waals surface area (Å²) in [5.41, 5.74) is -0.195. The molecular weight excluding hydrogens is 316 g/mol. The topological polar surface area (TPSA) is 55.1 Å². The van der Waals surface area contributed by atoms with Crippen LogP contribution < -0.4 is 5.56 Å². The van der Waals surface area contributed by atoms with Gasteiger partial charge < -0.3 is 5.11 Å². The van der Waals surface area contributed by atoms with E-state index in [0.717, 1.165) is 0 Å². The maximum Gasteiger partial charge on any atom is 0.282 e. The molecule has 4 nitrogen and oxygen atoms in total. The summed E-state index contributed by atoms with van der Waals surface area (Å²) in [4.78, 5) is 11.6. The van der Waals surface area contributed by atoms with E-state index in [4.69, 9.17) is 5.11 Å². The molecule has 0 radical (unpaired) electrons. The van der Waals surface area contributed by atoms with E-state index in [1.165, 1.54) is 4.68 Å². The van der Waals surface area contributed by atoms with Gasteiger partial charge in [-0.3, -0.25) is 4.79 Å². The minimum absolute atomic E-state index is 0.0216. The molecule has 0 bridgehead atoms. The molecule has 1 unspecified atom stereocenters. The van der Waals surface area contributed by atoms with Crippen molar-refractivity contribution in [2.24, 2.45) is 5.92 Å². The summed E-state index contributed by atoms with van der Waals surface area (Å²) in [6.07, 6.45) is 1.55. The molecule has 1 heterocycles. The lowest BCUT2D eigenvalue weighted by Gasteiger charge is -2.09. The first-order chi connectivity index (χ1) is 6.56. The van der Waals surface area contributed by atoms with Gasteiger partial charge in [0.05, 0.1) is 10.7 Å². The van der Waals surface area contributed by atoms with Gasteiger partial charge in [-0.1, -0.05) is 6.92 Å². The Balaban J connectivity index is 3.00. The van der Waals surface area contributed by atoms with E-state index >= 15 is 0 Å². The molecule has 0 amide bonds. The minimum Gasteiger partial charge on any atom is -0.396 e. The lowest BCUT2D eigenvalue weighted by molar-refractivity contribution is 0.217. The second kappa shape index (κ2) is 5.04. The second-order valence-electron chi connectivity index (χ2n) is 3.08. The highest BCUT2D eigenvalue weighted by Gasteiger charge is 2.08. The molecule has 0 fully saturated rings. The Kier molecular flexibility index (Phi) is 4.28. The number of hydrogen-bond acceptors (Lipinski definition) is 3. The van der Waals surface area contributed by atoms with Crippen molar-refractivity contribution in [1.82, 2.24) is 9.78 Å². The van der Waals surface area contributed by atoms with Crippen LogP contribution in [0.3, 0.4) is 0 Å². The van der Waals surface area contributed by atoms with Crippen LogP contribution in [0.25, 0.3) is 0 Å². The molecule has 0 aliphatic rings. The van der Waals surface area contributed by atoms with Crippen molar-refractivity contribution in [2.45, 2.75) is 13.5 Å². The number of aliphatic hydroxyl groups is 1. The molecule has 1 rings (SSSR count). The van der Waals surface area contributed by atoms with Crippen molar-refractivity contribution in [3.05, 3.63) is 25.5 Å². The predicted molar refractivity (Wildman–Crippen MR) is 60.1 cm³/mol. The average Bonchev–Trinajstić information content (AvgIpc) is 2.19. The highest BCUT2D eigenvalue weighted by molar-refractivity contribution is 9.13. The van der Waals surface area contributed by atoms with Crippen LogP contribution in [0.2, 0.25) is 0 Å². The molecule has 1 aromatic rings. The second-order valence-corrected chi connectivity index (χ2v) is 4.73. The first kappa shape index (κ1) is 11.9. The Hall–Kier alpha value is -0.200. The van der Waals surface area contributed by atoms with Gasteiger partial charge in [-0.05, 0) is 37.8 Å². The zero-order chi connectivity index (χ0) is 10.7. The van der Waals surface area contributed by atoms with E-state index in [1.807, 2.05) is 6.92 Å². The first-order valence-corrected chi connectivity index (χ1v) is 5.66. The lowest BCUT2D eigenvalue weighted by Crippen LogP contribution is -2.27. The standard InChI is InChI=1S/C8H10Br2N2O2/c1-5(4-13)3-12-8(14)7(10)6(9)2-11-12/h2,5,13H,3-4H2,1H3. The van der Waals surface area contributed by atoms with Crippen LogP contribution in [0.4, 0.5) is 0 Å². The molecule has 1 atom stereocenters. The van der Waals surface area contributed by atoms with E-state index in [1.54, 1.807) is 6.20 Å². The van der Waals surface area contributed by atoms with Gasteiger partial charge in [0.1, 0.15) is 4.47 Å². The molecule has 14 heavy (non-hydrogen) atoms. The van der Waals surface area contributed by atoms with Crippen LogP contribution >= 0.6 is 31.9 Å². The Morgan fingerprint density at radius 1 is 1.64 bits per heavy atom. The van der Waals surface area contributed by atoms with E-state index in [-0.39, 0.29) is 18.1 Å². The van der Waals surface area contributed by atoms with Crippen molar-refractivity contribution in [3.8, 4) is 0 Å². The summed E-state index contributed by atoms with van der Waals surface area (Å²) in [5.74, 6) is 0.0216. The van der Waals surface area contributed by atoms with Crippen LogP contribution in [-0.2, 0) is 6.54 Å². The van der Waals surface area contributed by atoms with Crippen molar-refractivity contribution in [2.75, 3.05) is 6.61 Å². The Morgan fingerprint density at radius 3 is 2.86 bits per heavy atom. The molecule has 0 aromatic carbocycles. The fraction of sp³-hybridized carbons (Fsp3) is 0.500. The molecule has 78 valence electrons. The third-order valence-corrected chi connectivity index (χ3v) is 3.64. The number of halogens is 2. The average molecular weight is 326 g/mol. The van der Waals surface area contributed by atoms with E-state index in [9.17, 15) is 4.79 Å². The Labute approximate surface area is 98.2 Å². The van der Waals surface area contributed by atoms with Crippen molar-refractivity contribution < 1.29 is 5.11 Å². The SMILES string of the molecule is CC(CO)Cn1ncc(Br)c(Br)c1=O. The van der Waals surface area contributed by atoms with Gasteiger partial charge in [0.25, 0.3) is 5.56 Å². The summed E-state index contributed by atoms with van der Waals surface area (Å²) < 4.78 is 2.42. The Bertz CT molecular complexity index is 378. The van der Waals surface area contributed by atoms with Gasteiger partial charge in [-0.25, -0.2) is 4.68 Å². The molecule has 0 saturated carbocycles. The highest BCUT2D eigenvalue weighted by Crippen LogP contribution is 2.16. The van der Waals surface area contributed by atoms with Crippen molar-refractivity contribution in [3.63, 3.8) is 0 Å². The molecule has 0 saturated heterocycles. The predicted octanol–water partition coefficient (Wildman–Crippen LogP) is 1.40. The summed E-state index contributed by atoms with van der Waals surface area (Å²) in [7, 11) is 0. The van der Waals surface area contributed by atoms with Crippen LogP contribution in [0, 0.1) is 5.92 Å². The molecule has 1 aromatic heterocycles. The van der Waals surface area contributed by atoms with Crippen LogP contribution in [0.5, 0.6) is 0 Å². The normalized spacial score (nSPS) is 12.9. The first-order valence-electron chi connectivity index (χ1n) is 4.08. The van der Waals surface area contributed by atoms with Gasteiger partial charge in [0.2, 0.25) is 0 Å². The van der Waals surface area contributed by atoms with Crippen LogP contribution in [0.1, 0.15) is 6.92 Å². The monoisotopic (exact) mass is 324 g/mol. The van der Waals surface area contributed by atoms with E-state index < -0.39 is 0 Å². The third kappa shape index (κ3) is 2.65. The number of aliphatic hydroxyl groups excluding tert-OH is 1. The van der Waals surface area contributed by atoms with E-state index in [0.29, 0.717) is 15.5 Å². The molecule has 0 aliphatic heterocycles. The maximum atomic E-state index is 11.6. The summed E-state index contributed by atoms with van der Waals surface area (Å²) in [6.45, 7) is 2.31. The van der Waals surface area contributed by atoms with Crippen molar-refractivity contribution >= 4 is 31.9 Å². The van der Waals surface area contributed by atoms with Crippen molar-refractivity contribution in [1.29, 1.82) is 0 Å². The number of rotatable bonds is 3. The van der Waals surface area contributed by atoms with Crippen LogP contribution in [-0.4, -0.2) is 21.5 Å². The summed E-state index contributed by atoms with van der Waals surface area (Å²) in [5, 5.41) is 12.8. The maximum absolute atomic E-state index is 11.6. The molecule has 0 aliphatic carbocycles. The fourth-order valence-electron chi connectivity index (χ4n) is 0.928. The smallest absolute Gasteiger partial charge is 0.282 e. The number of aromatic nitrogens is 2. The molecule has 1 N–H and O–H groups in total. The zero-order valence-electron chi connectivity index (χ0n) is 7.57. The highest BCUT2D eigenvalue weighted by atomic mass is 79.9. The number of nitrogens with zero attached hydrogens (tertiary/aromatic N) is 2. The molecule has 6 heteroatoms. The van der Waals surface area contributed by atoms with E-state index in [2.05, 4.69) is 37.0 Å². The molecule has 0 spiro atoms. The molecular formula is C8H10Br2N2O2. The van der Waals surface area contributed by atoms with Gasteiger partial charge >= 0.3 is 0 Å². The Morgan fingerprint density at radius 2 is 2.29 bits per heavy atom. The van der Waals surface area contributed by atoms with Gasteiger partial charge in [0.15, 0.2) is 0 Å². The summed E-state index contributed by atoms with van der Waals surface area (Å²) >= 11 is 6.35.